The predicted octanol–water partition coefficient (Wildman–Crippen LogP) is 3.81. The topological polar surface area (TPSA) is 29.1 Å². The Morgan fingerprint density at radius 1 is 1.33 bits per heavy atom. The Bertz CT molecular complexity index is 397. The van der Waals surface area contributed by atoms with E-state index in [0.29, 0.717) is 0 Å². The molecule has 1 unspecified atom stereocenters. The Hall–Kier alpha value is -0.276. The van der Waals surface area contributed by atoms with Crippen LogP contribution < -0.4 is 5.32 Å². The van der Waals surface area contributed by atoms with E-state index in [0.717, 1.165) is 29.7 Å². The van der Waals surface area contributed by atoms with Crippen LogP contribution in [0.4, 0.5) is 10.1 Å². The van der Waals surface area contributed by atoms with E-state index in [1.54, 1.807) is 13.8 Å². The SMILES string of the molecule is CCCC(C)C(=O)Nc1c(C)cc(F)cc1C.[Y]. The van der Waals surface area contributed by atoms with Crippen molar-refractivity contribution in [1.29, 1.82) is 0 Å². The molecule has 1 radical (unpaired) electrons. The second-order valence-corrected chi connectivity index (χ2v) is 4.59. The van der Waals surface area contributed by atoms with E-state index in [-0.39, 0.29) is 50.4 Å². The summed E-state index contributed by atoms with van der Waals surface area (Å²) >= 11 is 0. The van der Waals surface area contributed by atoms with Gasteiger partial charge in [0.1, 0.15) is 5.82 Å². The Morgan fingerprint density at radius 3 is 2.28 bits per heavy atom. The molecule has 1 N–H and O–H groups in total. The third-order valence-corrected chi connectivity index (χ3v) is 2.91. The van der Waals surface area contributed by atoms with E-state index in [1.165, 1.54) is 12.1 Å². The van der Waals surface area contributed by atoms with Crippen LogP contribution >= 0.6 is 0 Å². The van der Waals surface area contributed by atoms with Gasteiger partial charge in [-0.1, -0.05) is 20.3 Å². The minimum atomic E-state index is -0.264. The molecular formula is C14H20FNOY. The molecule has 0 saturated heterocycles. The van der Waals surface area contributed by atoms with Crippen LogP contribution in [0.5, 0.6) is 0 Å². The summed E-state index contributed by atoms with van der Waals surface area (Å²) in [4.78, 5) is 11.9. The third-order valence-electron chi connectivity index (χ3n) is 2.91. The summed E-state index contributed by atoms with van der Waals surface area (Å²) < 4.78 is 13.1. The zero-order chi connectivity index (χ0) is 13.0. The molecule has 97 valence electrons. The monoisotopic (exact) mass is 326 g/mol. The maximum Gasteiger partial charge on any atom is 0.227 e. The van der Waals surface area contributed by atoms with Crippen LogP contribution in [0.15, 0.2) is 12.1 Å². The van der Waals surface area contributed by atoms with Gasteiger partial charge in [-0.2, -0.15) is 0 Å². The van der Waals surface area contributed by atoms with Crippen LogP contribution in [0.1, 0.15) is 37.8 Å². The number of rotatable bonds is 4. The Labute approximate surface area is 134 Å². The fourth-order valence-electron chi connectivity index (χ4n) is 1.92. The molecule has 1 atom stereocenters. The van der Waals surface area contributed by atoms with Crippen molar-refractivity contribution < 1.29 is 41.9 Å². The quantitative estimate of drug-likeness (QED) is 0.895. The normalized spacial score (nSPS) is 11.6. The molecule has 0 bridgehead atoms. The number of benzene rings is 1. The molecular weight excluding hydrogens is 306 g/mol. The van der Waals surface area contributed by atoms with Gasteiger partial charge < -0.3 is 5.32 Å². The first-order chi connectivity index (χ1) is 7.95. The van der Waals surface area contributed by atoms with Gasteiger partial charge in [-0.3, -0.25) is 4.79 Å². The van der Waals surface area contributed by atoms with E-state index in [1.807, 2.05) is 6.92 Å². The van der Waals surface area contributed by atoms with Crippen LogP contribution in [-0.4, -0.2) is 5.91 Å². The van der Waals surface area contributed by atoms with Crippen LogP contribution in [0, 0.1) is 25.6 Å². The number of hydrogen-bond acceptors (Lipinski definition) is 1. The molecule has 0 aromatic heterocycles. The zero-order valence-corrected chi connectivity index (χ0v) is 14.3. The standard InChI is InChI=1S/C14H20FNO.Y/c1-5-6-9(2)14(17)16-13-10(3)7-12(15)8-11(13)4;/h7-9H,5-6H2,1-4H3,(H,16,17);. The first-order valence-electron chi connectivity index (χ1n) is 6.03. The molecule has 1 rings (SSSR count). The van der Waals surface area contributed by atoms with Crippen LogP contribution in [0.2, 0.25) is 0 Å². The van der Waals surface area contributed by atoms with Gasteiger partial charge in [-0.15, -0.1) is 0 Å². The Balaban J connectivity index is 0.00000289. The molecule has 0 spiro atoms. The number of amides is 1. The second kappa shape index (κ2) is 8.01. The first-order valence-corrected chi connectivity index (χ1v) is 6.03. The molecule has 0 saturated carbocycles. The average Bonchev–Trinajstić information content (AvgIpc) is 2.23. The second-order valence-electron chi connectivity index (χ2n) is 4.59. The summed E-state index contributed by atoms with van der Waals surface area (Å²) in [5, 5.41) is 2.88. The molecule has 1 aromatic rings. The molecule has 18 heavy (non-hydrogen) atoms. The van der Waals surface area contributed by atoms with E-state index in [2.05, 4.69) is 12.2 Å². The molecule has 0 aliphatic carbocycles. The van der Waals surface area contributed by atoms with Gasteiger partial charge in [0.15, 0.2) is 0 Å². The van der Waals surface area contributed by atoms with Crippen molar-refractivity contribution in [3.8, 4) is 0 Å². The zero-order valence-electron chi connectivity index (χ0n) is 11.5. The summed E-state index contributed by atoms with van der Waals surface area (Å²) in [7, 11) is 0. The fourth-order valence-corrected chi connectivity index (χ4v) is 1.92. The molecule has 0 aliphatic heterocycles. The molecule has 1 amide bonds. The fraction of sp³-hybridized carbons (Fsp3) is 0.500. The maximum absolute atomic E-state index is 13.1. The molecule has 0 heterocycles. The van der Waals surface area contributed by atoms with Gasteiger partial charge in [-0.25, -0.2) is 4.39 Å². The van der Waals surface area contributed by atoms with Gasteiger partial charge in [0.2, 0.25) is 5.91 Å². The van der Waals surface area contributed by atoms with E-state index in [9.17, 15) is 9.18 Å². The number of halogens is 1. The number of carbonyl (C=O) groups is 1. The minimum absolute atomic E-state index is 0. The smallest absolute Gasteiger partial charge is 0.227 e. The van der Waals surface area contributed by atoms with Gasteiger partial charge >= 0.3 is 0 Å². The molecule has 2 nitrogen and oxygen atoms in total. The first kappa shape index (κ1) is 17.7. The number of aryl methyl sites for hydroxylation is 2. The summed E-state index contributed by atoms with van der Waals surface area (Å²) in [6, 6.07) is 2.88. The van der Waals surface area contributed by atoms with Crippen molar-refractivity contribution in [2.24, 2.45) is 5.92 Å². The number of carbonyl (C=O) groups excluding carboxylic acids is 1. The minimum Gasteiger partial charge on any atom is -0.325 e. The van der Waals surface area contributed by atoms with Crippen molar-refractivity contribution in [1.82, 2.24) is 0 Å². The van der Waals surface area contributed by atoms with E-state index in [4.69, 9.17) is 0 Å². The number of hydrogen-bond donors (Lipinski definition) is 1. The summed E-state index contributed by atoms with van der Waals surface area (Å²) in [5.74, 6) is -0.270. The van der Waals surface area contributed by atoms with Gasteiger partial charge in [0, 0.05) is 44.3 Å². The van der Waals surface area contributed by atoms with Crippen molar-refractivity contribution >= 4 is 11.6 Å². The van der Waals surface area contributed by atoms with Gasteiger partial charge in [0.25, 0.3) is 0 Å². The third kappa shape index (κ3) is 4.77. The van der Waals surface area contributed by atoms with Crippen molar-refractivity contribution in [3.05, 3.63) is 29.1 Å². The van der Waals surface area contributed by atoms with Crippen LogP contribution in [0.3, 0.4) is 0 Å². The average molecular weight is 326 g/mol. The summed E-state index contributed by atoms with van der Waals surface area (Å²) in [6.07, 6.45) is 1.85. The van der Waals surface area contributed by atoms with E-state index < -0.39 is 0 Å². The number of nitrogens with one attached hydrogen (secondary N) is 1. The maximum atomic E-state index is 13.1. The van der Waals surface area contributed by atoms with E-state index >= 15 is 0 Å². The molecule has 0 aliphatic rings. The van der Waals surface area contributed by atoms with Gasteiger partial charge in [-0.05, 0) is 43.5 Å². The van der Waals surface area contributed by atoms with Crippen molar-refractivity contribution in [2.45, 2.75) is 40.5 Å². The van der Waals surface area contributed by atoms with Gasteiger partial charge in [0.05, 0.1) is 0 Å². The Kier molecular flexibility index (Phi) is 7.88. The predicted molar refractivity (Wildman–Crippen MR) is 68.6 cm³/mol. The van der Waals surface area contributed by atoms with Crippen LogP contribution in [0.25, 0.3) is 0 Å². The summed E-state index contributed by atoms with van der Waals surface area (Å²) in [5.41, 5.74) is 2.26. The molecule has 0 fully saturated rings. The molecule has 1 aromatic carbocycles. The molecule has 4 heteroatoms. The van der Waals surface area contributed by atoms with Crippen LogP contribution in [-0.2, 0) is 37.5 Å². The number of anilines is 1. The summed E-state index contributed by atoms with van der Waals surface area (Å²) in [6.45, 7) is 7.57. The van der Waals surface area contributed by atoms with Crippen molar-refractivity contribution in [3.63, 3.8) is 0 Å². The van der Waals surface area contributed by atoms with Crippen molar-refractivity contribution in [2.75, 3.05) is 5.32 Å². The largest absolute Gasteiger partial charge is 0.325 e. The Morgan fingerprint density at radius 2 is 1.83 bits per heavy atom.